The summed E-state index contributed by atoms with van der Waals surface area (Å²) in [6.45, 7) is 19.6. The molecule has 1 atom stereocenters. The minimum atomic E-state index is -1.86. The van der Waals surface area contributed by atoms with E-state index >= 15 is 0 Å². The summed E-state index contributed by atoms with van der Waals surface area (Å²) in [5, 5.41) is 9.02. The summed E-state index contributed by atoms with van der Waals surface area (Å²) in [5.74, 6) is 0. The van der Waals surface area contributed by atoms with Crippen LogP contribution in [-0.4, -0.2) is 21.6 Å². The fourth-order valence-corrected chi connectivity index (χ4v) is 4.71. The first-order chi connectivity index (χ1) is 6.77. The van der Waals surface area contributed by atoms with E-state index in [9.17, 15) is 5.26 Å². The van der Waals surface area contributed by atoms with Crippen molar-refractivity contribution in [1.82, 2.24) is 0 Å². The second kappa shape index (κ2) is 4.28. The van der Waals surface area contributed by atoms with E-state index in [2.05, 4.69) is 59.6 Å². The Kier molecular flexibility index (Phi) is 4.25. The van der Waals surface area contributed by atoms with Gasteiger partial charge >= 0.3 is 0 Å². The Morgan fingerprint density at radius 3 is 1.50 bits per heavy atom. The summed E-state index contributed by atoms with van der Waals surface area (Å²) in [6, 6.07) is 2.42. The van der Waals surface area contributed by atoms with Gasteiger partial charge in [-0.15, -0.1) is 0 Å². The molecule has 0 spiro atoms. The lowest BCUT2D eigenvalue weighted by atomic mass is 10.2. The van der Waals surface area contributed by atoms with Gasteiger partial charge in [0.2, 0.25) is 0 Å². The number of nitriles is 1. The molecule has 0 saturated carbocycles. The first-order valence-electron chi connectivity index (χ1n) is 5.88. The molecule has 0 N–H and O–H groups in total. The van der Waals surface area contributed by atoms with Gasteiger partial charge in [0.15, 0.2) is 8.32 Å². The minimum Gasteiger partial charge on any atom is -0.402 e. The van der Waals surface area contributed by atoms with Crippen LogP contribution in [0.4, 0.5) is 0 Å². The van der Waals surface area contributed by atoms with E-state index in [1.54, 1.807) is 0 Å². The van der Waals surface area contributed by atoms with Crippen LogP contribution >= 0.6 is 0 Å². The Labute approximate surface area is 103 Å². The second-order valence-corrected chi connectivity index (χ2v) is 17.4. The van der Waals surface area contributed by atoms with Crippen LogP contribution in [0.3, 0.4) is 0 Å². The van der Waals surface area contributed by atoms with Crippen LogP contribution in [0.5, 0.6) is 0 Å². The lowest BCUT2D eigenvalue weighted by Crippen LogP contribution is -2.58. The molecule has 0 radical (unpaired) electrons. The number of hydrogen-bond acceptors (Lipinski definition) is 2. The van der Waals surface area contributed by atoms with Crippen molar-refractivity contribution in [3.63, 3.8) is 0 Å². The molecule has 0 aromatic heterocycles. The molecule has 1 unspecified atom stereocenters. The van der Waals surface area contributed by atoms with Crippen molar-refractivity contribution >= 4 is 16.4 Å². The number of nitrogens with zero attached hydrogens (tertiary/aromatic N) is 1. The fraction of sp³-hybridized carbons (Fsp3) is 0.917. The van der Waals surface area contributed by atoms with E-state index in [1.165, 1.54) is 0 Å². The monoisotopic (exact) mass is 257 g/mol. The zero-order valence-corrected chi connectivity index (χ0v) is 14.4. The molecule has 16 heavy (non-hydrogen) atoms. The molecule has 0 aliphatic heterocycles. The molecule has 94 valence electrons. The molecule has 0 fully saturated rings. The van der Waals surface area contributed by atoms with Crippen molar-refractivity contribution in [2.45, 2.75) is 70.7 Å². The number of hydrogen-bond donors (Lipinski definition) is 0. The smallest absolute Gasteiger partial charge is 0.193 e. The summed E-state index contributed by atoms with van der Waals surface area (Å²) in [4.78, 5) is 0. The van der Waals surface area contributed by atoms with Crippen LogP contribution in [0, 0.1) is 11.3 Å². The third kappa shape index (κ3) is 3.19. The predicted octanol–water partition coefficient (Wildman–Crippen LogP) is 4.17. The maximum absolute atomic E-state index is 9.43. The minimum absolute atomic E-state index is 0.158. The summed E-state index contributed by atoms with van der Waals surface area (Å²) in [7, 11) is -3.51. The molecule has 0 saturated heterocycles. The van der Waals surface area contributed by atoms with Gasteiger partial charge in [-0.2, -0.15) is 5.26 Å². The normalized spacial score (nSPS) is 17.8. The van der Waals surface area contributed by atoms with Crippen molar-refractivity contribution in [2.75, 3.05) is 0 Å². The highest BCUT2D eigenvalue weighted by atomic mass is 28.4. The van der Waals surface area contributed by atoms with Gasteiger partial charge in [-0.1, -0.05) is 40.4 Å². The molecule has 4 heteroatoms. The third-order valence-corrected chi connectivity index (χ3v) is 11.7. The van der Waals surface area contributed by atoms with Gasteiger partial charge < -0.3 is 4.43 Å². The average molecular weight is 258 g/mol. The highest BCUT2D eigenvalue weighted by Crippen LogP contribution is 2.40. The Morgan fingerprint density at radius 1 is 0.938 bits per heavy atom. The first kappa shape index (κ1) is 15.9. The van der Waals surface area contributed by atoms with E-state index in [4.69, 9.17) is 4.43 Å². The van der Waals surface area contributed by atoms with Gasteiger partial charge in [0, 0.05) is 0 Å². The second-order valence-electron chi connectivity index (χ2n) is 7.26. The summed E-state index contributed by atoms with van der Waals surface area (Å²) < 4.78 is 6.34. The Morgan fingerprint density at radius 2 is 1.31 bits per heavy atom. The van der Waals surface area contributed by atoms with Crippen LogP contribution in [0.15, 0.2) is 0 Å². The molecule has 0 aromatic rings. The standard InChI is InChI=1S/C12H27NOSi2/c1-11(2,3)16(8,9)14-12(4,10-13)15(5,6)7/h1-9H3. The Balaban J connectivity index is 5.19. The van der Waals surface area contributed by atoms with Gasteiger partial charge in [0.1, 0.15) is 5.22 Å². The van der Waals surface area contributed by atoms with Crippen LogP contribution in [0.2, 0.25) is 37.8 Å². The van der Waals surface area contributed by atoms with Crippen molar-refractivity contribution in [2.24, 2.45) is 0 Å². The molecule has 0 aromatic carbocycles. The van der Waals surface area contributed by atoms with Gasteiger partial charge in [0.05, 0.1) is 14.1 Å². The van der Waals surface area contributed by atoms with Crippen molar-refractivity contribution in [3.8, 4) is 6.07 Å². The van der Waals surface area contributed by atoms with E-state index in [1.807, 2.05) is 6.92 Å². The van der Waals surface area contributed by atoms with E-state index < -0.39 is 21.6 Å². The van der Waals surface area contributed by atoms with Crippen LogP contribution in [0.25, 0.3) is 0 Å². The number of rotatable bonds is 3. The van der Waals surface area contributed by atoms with Crippen LogP contribution in [-0.2, 0) is 4.43 Å². The van der Waals surface area contributed by atoms with Crippen molar-refractivity contribution in [1.29, 1.82) is 5.26 Å². The Bertz CT molecular complexity index is 294. The van der Waals surface area contributed by atoms with E-state index in [0.717, 1.165) is 0 Å². The lowest BCUT2D eigenvalue weighted by molar-refractivity contribution is 0.199. The molecular weight excluding hydrogens is 230 g/mol. The third-order valence-electron chi connectivity index (χ3n) is 3.91. The molecule has 0 bridgehead atoms. The predicted molar refractivity (Wildman–Crippen MR) is 75.6 cm³/mol. The van der Waals surface area contributed by atoms with Crippen molar-refractivity contribution < 1.29 is 4.43 Å². The van der Waals surface area contributed by atoms with E-state index in [-0.39, 0.29) is 5.04 Å². The van der Waals surface area contributed by atoms with Gasteiger partial charge in [-0.3, -0.25) is 0 Å². The zero-order valence-electron chi connectivity index (χ0n) is 12.4. The highest BCUT2D eigenvalue weighted by molar-refractivity contribution is 6.82. The summed E-state index contributed by atoms with van der Waals surface area (Å²) >= 11 is 0. The van der Waals surface area contributed by atoms with Gasteiger partial charge in [-0.05, 0) is 25.1 Å². The highest BCUT2D eigenvalue weighted by Gasteiger charge is 2.48. The Hall–Kier alpha value is -0.116. The van der Waals surface area contributed by atoms with Crippen LogP contribution in [0.1, 0.15) is 27.7 Å². The molecular formula is C12H27NOSi2. The largest absolute Gasteiger partial charge is 0.402 e. The van der Waals surface area contributed by atoms with Crippen LogP contribution < -0.4 is 0 Å². The zero-order chi connectivity index (χ0) is 13.4. The molecule has 0 amide bonds. The van der Waals surface area contributed by atoms with Gasteiger partial charge in [-0.25, -0.2) is 0 Å². The first-order valence-corrected chi connectivity index (χ1v) is 12.3. The SMILES string of the molecule is CC(C#N)(O[Si](C)(C)C(C)(C)C)[Si](C)(C)C. The molecule has 0 aliphatic carbocycles. The molecule has 0 heterocycles. The van der Waals surface area contributed by atoms with Crippen molar-refractivity contribution in [3.05, 3.63) is 0 Å². The topological polar surface area (TPSA) is 33.0 Å². The van der Waals surface area contributed by atoms with E-state index in [0.29, 0.717) is 0 Å². The maximum Gasteiger partial charge on any atom is 0.193 e. The maximum atomic E-state index is 9.43. The summed E-state index contributed by atoms with van der Waals surface area (Å²) in [5.41, 5.74) is 0. The summed E-state index contributed by atoms with van der Waals surface area (Å²) in [6.07, 6.45) is 0. The average Bonchev–Trinajstić information content (AvgIpc) is 1.99. The lowest BCUT2D eigenvalue weighted by Gasteiger charge is -2.45. The molecule has 0 rings (SSSR count). The quantitative estimate of drug-likeness (QED) is 0.711. The fourth-order valence-electron chi connectivity index (χ4n) is 1.01. The molecule has 2 nitrogen and oxygen atoms in total. The van der Waals surface area contributed by atoms with Gasteiger partial charge in [0.25, 0.3) is 0 Å². The molecule has 0 aliphatic rings.